The van der Waals surface area contributed by atoms with Crippen LogP contribution in [-0.4, -0.2) is 22.3 Å². The van der Waals surface area contributed by atoms with Gasteiger partial charge in [0.25, 0.3) is 10.0 Å². The van der Waals surface area contributed by atoms with Crippen molar-refractivity contribution in [2.75, 3.05) is 0 Å². The number of hydrogen-bond acceptors (Lipinski definition) is 4. The summed E-state index contributed by atoms with van der Waals surface area (Å²) in [5.74, 6) is 0. The van der Waals surface area contributed by atoms with Crippen molar-refractivity contribution in [1.29, 1.82) is 0 Å². The lowest BCUT2D eigenvalue weighted by Gasteiger charge is -2.11. The van der Waals surface area contributed by atoms with Gasteiger partial charge in [-0.3, -0.25) is 0 Å². The van der Waals surface area contributed by atoms with Crippen LogP contribution in [0.25, 0.3) is 0 Å². The third kappa shape index (κ3) is 3.45. The number of rotatable bonds is 3. The van der Waals surface area contributed by atoms with Gasteiger partial charge < -0.3 is 0 Å². The molecule has 0 fully saturated rings. The molecule has 0 saturated carbocycles. The van der Waals surface area contributed by atoms with E-state index < -0.39 is 30.5 Å². The predicted molar refractivity (Wildman–Crippen MR) is 61.2 cm³/mol. The first-order valence-corrected chi connectivity index (χ1v) is 7.75. The largest absolute Gasteiger partial charge is 0.512 e. The molecule has 10 heteroatoms. The molecule has 0 aliphatic rings. The molecule has 0 bridgehead atoms. The first-order chi connectivity index (χ1) is 8.37. The lowest BCUT2D eigenvalue weighted by atomic mass is 10.1. The second-order valence-electron chi connectivity index (χ2n) is 3.78. The molecule has 0 aliphatic heterocycles. The molecule has 0 amide bonds. The van der Waals surface area contributed by atoms with Crippen LogP contribution in [0.15, 0.2) is 23.1 Å². The van der Waals surface area contributed by atoms with Crippen molar-refractivity contribution in [3.8, 4) is 0 Å². The van der Waals surface area contributed by atoms with Gasteiger partial charge in [-0.2, -0.15) is 13.2 Å². The molecule has 1 N–H and O–H groups in total. The maximum atomic E-state index is 12.1. The molecule has 108 valence electrons. The summed E-state index contributed by atoms with van der Waals surface area (Å²) in [6.07, 6.45) is 0. The van der Waals surface area contributed by atoms with Crippen LogP contribution in [0, 0.1) is 13.8 Å². The van der Waals surface area contributed by atoms with Gasteiger partial charge >= 0.3 is 15.5 Å². The van der Waals surface area contributed by atoms with Crippen LogP contribution in [0.1, 0.15) is 11.1 Å². The van der Waals surface area contributed by atoms with Crippen LogP contribution in [0.2, 0.25) is 0 Å². The van der Waals surface area contributed by atoms with Gasteiger partial charge in [-0.1, -0.05) is 10.2 Å². The molecule has 1 aromatic carbocycles. The summed E-state index contributed by atoms with van der Waals surface area (Å²) >= 11 is 0. The van der Waals surface area contributed by atoms with E-state index in [0.29, 0.717) is 9.69 Å². The van der Waals surface area contributed by atoms with Gasteiger partial charge in [-0.05, 0) is 37.1 Å². The Morgan fingerprint density at radius 1 is 1.00 bits per heavy atom. The number of sulfonamides is 2. The first-order valence-electron chi connectivity index (χ1n) is 4.79. The van der Waals surface area contributed by atoms with E-state index in [1.54, 1.807) is 13.8 Å². The Balaban J connectivity index is 3.24. The molecule has 0 radical (unpaired) electrons. The van der Waals surface area contributed by atoms with E-state index in [9.17, 15) is 30.0 Å². The number of alkyl halides is 3. The molecule has 1 aromatic rings. The van der Waals surface area contributed by atoms with Crippen molar-refractivity contribution < 1.29 is 30.0 Å². The molecule has 0 saturated heterocycles. The lowest BCUT2D eigenvalue weighted by Crippen LogP contribution is -2.40. The predicted octanol–water partition coefficient (Wildman–Crippen LogP) is 1.43. The monoisotopic (exact) mass is 317 g/mol. The van der Waals surface area contributed by atoms with Gasteiger partial charge in [0.15, 0.2) is 0 Å². The Hall–Kier alpha value is -1.13. The molecule has 0 atom stereocenters. The fraction of sp³-hybridized carbons (Fsp3) is 0.333. The molecular weight excluding hydrogens is 307 g/mol. The van der Waals surface area contributed by atoms with Crippen LogP contribution >= 0.6 is 0 Å². The molecule has 19 heavy (non-hydrogen) atoms. The first kappa shape index (κ1) is 15.9. The van der Waals surface area contributed by atoms with E-state index in [2.05, 4.69) is 0 Å². The molecule has 0 heterocycles. The molecule has 5 nitrogen and oxygen atoms in total. The Morgan fingerprint density at radius 2 is 1.53 bits per heavy atom. The lowest BCUT2D eigenvalue weighted by molar-refractivity contribution is -0.0441. The normalized spacial score (nSPS) is 13.5. The second-order valence-corrected chi connectivity index (χ2v) is 7.40. The van der Waals surface area contributed by atoms with E-state index in [0.717, 1.165) is 17.7 Å². The number of halogens is 3. The Labute approximate surface area is 108 Å². The zero-order valence-electron chi connectivity index (χ0n) is 9.82. The second kappa shape index (κ2) is 4.76. The zero-order valence-corrected chi connectivity index (χ0v) is 11.4. The summed E-state index contributed by atoms with van der Waals surface area (Å²) in [5, 5.41) is 0. The smallest absolute Gasteiger partial charge is 0.206 e. The van der Waals surface area contributed by atoms with E-state index in [1.807, 2.05) is 0 Å². The fourth-order valence-electron chi connectivity index (χ4n) is 1.12. The minimum absolute atomic E-state index is 0.507. The van der Waals surface area contributed by atoms with Crippen molar-refractivity contribution in [2.24, 2.45) is 0 Å². The highest BCUT2D eigenvalue weighted by Crippen LogP contribution is 2.24. The van der Waals surface area contributed by atoms with Gasteiger partial charge in [-0.25, -0.2) is 16.8 Å². The van der Waals surface area contributed by atoms with E-state index in [-0.39, 0.29) is 0 Å². The Morgan fingerprint density at radius 3 is 1.95 bits per heavy atom. The maximum Gasteiger partial charge on any atom is 0.512 e. The summed E-state index contributed by atoms with van der Waals surface area (Å²) in [4.78, 5) is -0.552. The topological polar surface area (TPSA) is 80.3 Å². The molecule has 0 aliphatic carbocycles. The molecule has 1 rings (SSSR count). The van der Waals surface area contributed by atoms with Gasteiger partial charge in [0.1, 0.15) is 0 Å². The van der Waals surface area contributed by atoms with Gasteiger partial charge in [0.05, 0.1) is 4.90 Å². The standard InChI is InChI=1S/C9H10F3NO4S2/c1-6-3-4-8(5-7(6)2)18(14,15)13-19(16,17)9(10,11)12/h3-5,13H,1-2H3. The highest BCUT2D eigenvalue weighted by Gasteiger charge is 2.48. The van der Waals surface area contributed by atoms with Crippen LogP contribution < -0.4 is 4.13 Å². The highest BCUT2D eigenvalue weighted by atomic mass is 32.3. The minimum Gasteiger partial charge on any atom is -0.206 e. The summed E-state index contributed by atoms with van der Waals surface area (Å²) < 4.78 is 81.7. The van der Waals surface area contributed by atoms with E-state index in [4.69, 9.17) is 0 Å². The number of benzene rings is 1. The van der Waals surface area contributed by atoms with Crippen molar-refractivity contribution in [2.45, 2.75) is 24.3 Å². The average molecular weight is 317 g/mol. The Kier molecular flexibility index (Phi) is 3.99. The summed E-state index contributed by atoms with van der Waals surface area (Å²) in [5.41, 5.74) is -4.47. The number of nitrogens with one attached hydrogen (secondary N) is 1. The molecule has 0 aromatic heterocycles. The van der Waals surface area contributed by atoms with E-state index in [1.165, 1.54) is 6.07 Å². The Bertz CT molecular complexity index is 693. The molecular formula is C9H10F3NO4S2. The van der Waals surface area contributed by atoms with Crippen LogP contribution in [-0.2, 0) is 20.0 Å². The fourth-order valence-corrected chi connectivity index (χ4v) is 3.62. The number of aryl methyl sites for hydroxylation is 2. The summed E-state index contributed by atoms with van der Waals surface area (Å²) in [6.45, 7) is 3.22. The van der Waals surface area contributed by atoms with Crippen molar-refractivity contribution in [3.63, 3.8) is 0 Å². The van der Waals surface area contributed by atoms with Crippen molar-refractivity contribution >= 4 is 20.0 Å². The summed E-state index contributed by atoms with van der Waals surface area (Å²) in [7, 11) is -10.8. The maximum absolute atomic E-state index is 12.1. The SMILES string of the molecule is Cc1ccc(S(=O)(=O)NS(=O)(=O)C(F)(F)F)cc1C. The average Bonchev–Trinajstić information content (AvgIpc) is 2.18. The summed E-state index contributed by atoms with van der Waals surface area (Å²) in [6, 6.07) is 3.48. The molecule has 0 unspecified atom stereocenters. The third-order valence-corrected chi connectivity index (χ3v) is 5.55. The van der Waals surface area contributed by atoms with Crippen LogP contribution in [0.4, 0.5) is 13.2 Å². The highest BCUT2D eigenvalue weighted by molar-refractivity contribution is 8.05. The third-order valence-electron chi connectivity index (χ3n) is 2.31. The van der Waals surface area contributed by atoms with Crippen molar-refractivity contribution in [3.05, 3.63) is 29.3 Å². The quantitative estimate of drug-likeness (QED) is 0.914. The van der Waals surface area contributed by atoms with Crippen LogP contribution in [0.5, 0.6) is 0 Å². The van der Waals surface area contributed by atoms with Crippen LogP contribution in [0.3, 0.4) is 0 Å². The zero-order chi connectivity index (χ0) is 15.1. The van der Waals surface area contributed by atoms with Gasteiger partial charge in [0, 0.05) is 0 Å². The molecule has 0 spiro atoms. The van der Waals surface area contributed by atoms with Gasteiger partial charge in [0.2, 0.25) is 0 Å². The van der Waals surface area contributed by atoms with Crippen molar-refractivity contribution in [1.82, 2.24) is 4.13 Å². The minimum atomic E-state index is -5.96. The number of hydrogen-bond donors (Lipinski definition) is 1. The van der Waals surface area contributed by atoms with E-state index >= 15 is 0 Å². The van der Waals surface area contributed by atoms with Gasteiger partial charge in [-0.15, -0.1) is 0 Å².